The molecule has 1 heterocycles. The summed E-state index contributed by atoms with van der Waals surface area (Å²) in [6.45, 7) is 8.77. The van der Waals surface area contributed by atoms with Gasteiger partial charge in [0.1, 0.15) is 12.3 Å². The number of amides is 2. The molecule has 7 heteroatoms. The lowest BCUT2D eigenvalue weighted by molar-refractivity contribution is -0.133. The van der Waals surface area contributed by atoms with Gasteiger partial charge in [-0.2, -0.15) is 0 Å². The summed E-state index contributed by atoms with van der Waals surface area (Å²) in [7, 11) is 0. The Morgan fingerprint density at radius 1 is 1.10 bits per heavy atom. The van der Waals surface area contributed by atoms with Gasteiger partial charge in [0.05, 0.1) is 11.3 Å². The van der Waals surface area contributed by atoms with Crippen molar-refractivity contribution in [2.45, 2.75) is 40.2 Å². The highest BCUT2D eigenvalue weighted by atomic mass is 16.5. The third-order valence-electron chi connectivity index (χ3n) is 4.87. The van der Waals surface area contributed by atoms with E-state index in [9.17, 15) is 19.5 Å². The van der Waals surface area contributed by atoms with E-state index >= 15 is 0 Å². The molecule has 0 saturated heterocycles. The van der Waals surface area contributed by atoms with E-state index in [2.05, 4.69) is 5.32 Å². The van der Waals surface area contributed by atoms with Gasteiger partial charge in [-0.3, -0.25) is 14.5 Å². The highest BCUT2D eigenvalue weighted by Crippen LogP contribution is 2.38. The van der Waals surface area contributed by atoms with E-state index in [-0.39, 0.29) is 23.7 Å². The number of rotatable bonds is 4. The maximum absolute atomic E-state index is 12.9. The maximum atomic E-state index is 12.9. The molecule has 3 rings (SSSR count). The molecule has 0 saturated carbocycles. The number of ether oxygens (including phenoxy) is 1. The zero-order valence-corrected chi connectivity index (χ0v) is 17.1. The average molecular weight is 396 g/mol. The topological polar surface area (TPSA) is 95.9 Å². The Labute approximate surface area is 169 Å². The number of benzene rings is 2. The summed E-state index contributed by atoms with van der Waals surface area (Å²) >= 11 is 0. The first-order valence-electron chi connectivity index (χ1n) is 9.25. The van der Waals surface area contributed by atoms with Crippen molar-refractivity contribution in [3.63, 3.8) is 0 Å². The summed E-state index contributed by atoms with van der Waals surface area (Å²) in [5, 5.41) is 12.2. The van der Waals surface area contributed by atoms with Gasteiger partial charge in [-0.15, -0.1) is 0 Å². The quantitative estimate of drug-likeness (QED) is 0.825. The Morgan fingerprint density at radius 2 is 1.72 bits per heavy atom. The van der Waals surface area contributed by atoms with Crippen LogP contribution in [0.2, 0.25) is 0 Å². The standard InChI is InChI=1S/C22H24N2O5/c1-12-8-13(2)19(14(3)9-12)23-18(25)11-24-16-10-15(20(26)27)6-7-17(16)29-22(4,5)21(24)28/h6-10H,11H2,1-5H3,(H,23,25)(H,26,27). The fourth-order valence-electron chi connectivity index (χ4n) is 3.56. The summed E-state index contributed by atoms with van der Waals surface area (Å²) in [4.78, 5) is 38.3. The predicted octanol–water partition coefficient (Wildman–Crippen LogP) is 3.45. The number of hydrogen-bond donors (Lipinski definition) is 2. The third-order valence-corrected chi connectivity index (χ3v) is 4.87. The number of carboxylic acid groups (broad SMARTS) is 1. The van der Waals surface area contributed by atoms with Crippen LogP contribution in [0.4, 0.5) is 11.4 Å². The molecular weight excluding hydrogens is 372 g/mol. The average Bonchev–Trinajstić information content (AvgIpc) is 2.61. The molecule has 7 nitrogen and oxygen atoms in total. The monoisotopic (exact) mass is 396 g/mol. The van der Waals surface area contributed by atoms with Crippen molar-refractivity contribution < 1.29 is 24.2 Å². The fraction of sp³-hybridized carbons (Fsp3) is 0.318. The molecule has 0 radical (unpaired) electrons. The van der Waals surface area contributed by atoms with Crippen LogP contribution in [0.5, 0.6) is 5.75 Å². The van der Waals surface area contributed by atoms with Crippen molar-refractivity contribution >= 4 is 29.2 Å². The number of carboxylic acids is 1. The van der Waals surface area contributed by atoms with E-state index in [1.807, 2.05) is 32.9 Å². The van der Waals surface area contributed by atoms with Crippen LogP contribution in [0.3, 0.4) is 0 Å². The summed E-state index contributed by atoms with van der Waals surface area (Å²) in [6, 6.07) is 8.21. The lowest BCUT2D eigenvalue weighted by Gasteiger charge is -2.38. The van der Waals surface area contributed by atoms with Crippen molar-refractivity contribution in [2.75, 3.05) is 16.8 Å². The van der Waals surface area contributed by atoms with Crippen LogP contribution in [0, 0.1) is 20.8 Å². The van der Waals surface area contributed by atoms with E-state index in [0.29, 0.717) is 11.4 Å². The lowest BCUT2D eigenvalue weighted by atomic mass is 10.0. The van der Waals surface area contributed by atoms with Crippen LogP contribution in [0.15, 0.2) is 30.3 Å². The maximum Gasteiger partial charge on any atom is 0.335 e. The van der Waals surface area contributed by atoms with Crippen LogP contribution in [-0.4, -0.2) is 35.0 Å². The number of fused-ring (bicyclic) bond motifs is 1. The number of nitrogens with one attached hydrogen (secondary N) is 1. The SMILES string of the molecule is Cc1cc(C)c(NC(=O)CN2C(=O)C(C)(C)Oc3ccc(C(=O)O)cc32)c(C)c1. The molecule has 0 unspecified atom stereocenters. The summed E-state index contributed by atoms with van der Waals surface area (Å²) in [5.41, 5.74) is 2.76. The van der Waals surface area contributed by atoms with Crippen LogP contribution in [0.1, 0.15) is 40.9 Å². The lowest BCUT2D eigenvalue weighted by Crippen LogP contribution is -2.54. The molecule has 1 aliphatic rings. The van der Waals surface area contributed by atoms with Gasteiger partial charge >= 0.3 is 5.97 Å². The molecule has 152 valence electrons. The second kappa shape index (κ2) is 7.24. The first-order chi connectivity index (χ1) is 13.5. The molecule has 0 spiro atoms. The van der Waals surface area contributed by atoms with Gasteiger partial charge < -0.3 is 15.2 Å². The second-order valence-corrected chi connectivity index (χ2v) is 7.81. The Kier molecular flexibility index (Phi) is 5.09. The first-order valence-corrected chi connectivity index (χ1v) is 9.25. The molecule has 0 atom stereocenters. The van der Waals surface area contributed by atoms with Gasteiger partial charge in [-0.25, -0.2) is 4.79 Å². The van der Waals surface area contributed by atoms with Crippen molar-refractivity contribution in [3.8, 4) is 5.75 Å². The molecule has 0 fully saturated rings. The molecule has 0 aliphatic carbocycles. The van der Waals surface area contributed by atoms with Crippen LogP contribution in [-0.2, 0) is 9.59 Å². The molecular formula is C22H24N2O5. The molecule has 2 N–H and O–H groups in total. The number of carbonyl (C=O) groups is 3. The summed E-state index contributed by atoms with van der Waals surface area (Å²) < 4.78 is 5.73. The predicted molar refractivity (Wildman–Crippen MR) is 110 cm³/mol. The number of hydrogen-bond acceptors (Lipinski definition) is 4. The number of carbonyl (C=O) groups excluding carboxylic acids is 2. The zero-order valence-electron chi connectivity index (χ0n) is 17.1. The van der Waals surface area contributed by atoms with E-state index in [0.717, 1.165) is 16.7 Å². The molecule has 1 aliphatic heterocycles. The highest BCUT2D eigenvalue weighted by Gasteiger charge is 2.42. The smallest absolute Gasteiger partial charge is 0.335 e. The van der Waals surface area contributed by atoms with Crippen molar-refractivity contribution in [2.24, 2.45) is 0 Å². The summed E-state index contributed by atoms with van der Waals surface area (Å²) in [6.07, 6.45) is 0. The largest absolute Gasteiger partial charge is 0.478 e. The van der Waals surface area contributed by atoms with E-state index in [1.165, 1.54) is 23.1 Å². The molecule has 2 aromatic rings. The van der Waals surface area contributed by atoms with Gasteiger partial charge in [0.15, 0.2) is 5.60 Å². The van der Waals surface area contributed by atoms with E-state index < -0.39 is 17.5 Å². The molecule has 2 aromatic carbocycles. The Balaban J connectivity index is 1.93. The van der Waals surface area contributed by atoms with Crippen molar-refractivity contribution in [1.82, 2.24) is 0 Å². The second-order valence-electron chi connectivity index (χ2n) is 7.81. The van der Waals surface area contributed by atoms with Crippen molar-refractivity contribution in [3.05, 3.63) is 52.6 Å². The van der Waals surface area contributed by atoms with Crippen LogP contribution in [0.25, 0.3) is 0 Å². The number of anilines is 2. The van der Waals surface area contributed by atoms with Crippen LogP contribution < -0.4 is 15.0 Å². The molecule has 29 heavy (non-hydrogen) atoms. The highest BCUT2D eigenvalue weighted by molar-refractivity contribution is 6.08. The minimum atomic E-state index is -1.17. The van der Waals surface area contributed by atoms with Gasteiger partial charge in [-0.1, -0.05) is 17.7 Å². The first kappa shape index (κ1) is 20.4. The normalized spacial score (nSPS) is 14.8. The molecule has 0 bridgehead atoms. The third kappa shape index (κ3) is 3.94. The number of aryl methyl sites for hydroxylation is 3. The van der Waals surface area contributed by atoms with Gasteiger partial charge in [0.25, 0.3) is 5.91 Å². The van der Waals surface area contributed by atoms with Gasteiger partial charge in [-0.05, 0) is 63.9 Å². The minimum Gasteiger partial charge on any atom is -0.478 e. The minimum absolute atomic E-state index is 0.00971. The zero-order chi connectivity index (χ0) is 21.5. The number of aromatic carboxylic acids is 1. The Bertz CT molecular complexity index is 1000. The fourth-order valence-corrected chi connectivity index (χ4v) is 3.56. The van der Waals surface area contributed by atoms with E-state index in [4.69, 9.17) is 4.74 Å². The molecule has 2 amide bonds. The number of nitrogens with zero attached hydrogens (tertiary/aromatic N) is 1. The van der Waals surface area contributed by atoms with Crippen LogP contribution >= 0.6 is 0 Å². The van der Waals surface area contributed by atoms with Gasteiger partial charge in [0.2, 0.25) is 5.91 Å². The Morgan fingerprint density at radius 3 is 2.31 bits per heavy atom. The van der Waals surface area contributed by atoms with Crippen molar-refractivity contribution in [1.29, 1.82) is 0 Å². The molecule has 0 aromatic heterocycles. The van der Waals surface area contributed by atoms with E-state index in [1.54, 1.807) is 13.8 Å². The summed E-state index contributed by atoms with van der Waals surface area (Å²) in [5.74, 6) is -1.56. The Hall–Kier alpha value is -3.35. The van der Waals surface area contributed by atoms with Gasteiger partial charge in [0, 0.05) is 5.69 Å².